The van der Waals surface area contributed by atoms with E-state index in [0.29, 0.717) is 17.5 Å². The fourth-order valence-corrected chi connectivity index (χ4v) is 1.57. The number of nitrogens with zero attached hydrogens (tertiary/aromatic N) is 1. The summed E-state index contributed by atoms with van der Waals surface area (Å²) < 4.78 is 0. The van der Waals surface area contributed by atoms with E-state index in [1.807, 2.05) is 13.0 Å². The molecule has 0 radical (unpaired) electrons. The normalized spacial score (nSPS) is 11.6. The molecule has 0 aliphatic heterocycles. The molecule has 17 heavy (non-hydrogen) atoms. The summed E-state index contributed by atoms with van der Waals surface area (Å²) in [6.45, 7) is 3.69. The number of phenolic OH excluding ortho intramolecular Hbond substituents is 1. The van der Waals surface area contributed by atoms with Crippen molar-refractivity contribution in [3.8, 4) is 11.8 Å². The van der Waals surface area contributed by atoms with E-state index in [9.17, 15) is 9.90 Å². The van der Waals surface area contributed by atoms with Gasteiger partial charge in [0.1, 0.15) is 5.75 Å². The highest BCUT2D eigenvalue weighted by atomic mass is 16.3. The predicted molar refractivity (Wildman–Crippen MR) is 64.6 cm³/mol. The third-order valence-corrected chi connectivity index (χ3v) is 2.62. The van der Waals surface area contributed by atoms with E-state index in [1.165, 1.54) is 6.07 Å². The van der Waals surface area contributed by atoms with Gasteiger partial charge in [-0.05, 0) is 37.1 Å². The van der Waals surface area contributed by atoms with Crippen LogP contribution in [0.3, 0.4) is 0 Å². The van der Waals surface area contributed by atoms with Crippen LogP contribution in [0.1, 0.15) is 35.7 Å². The van der Waals surface area contributed by atoms with E-state index in [-0.39, 0.29) is 17.7 Å². The zero-order valence-electron chi connectivity index (χ0n) is 10.0. The Balaban J connectivity index is 2.79. The maximum Gasteiger partial charge on any atom is 0.251 e. The van der Waals surface area contributed by atoms with Crippen LogP contribution in [0.2, 0.25) is 0 Å². The van der Waals surface area contributed by atoms with E-state index in [0.717, 1.165) is 6.42 Å². The van der Waals surface area contributed by atoms with Crippen LogP contribution in [-0.4, -0.2) is 17.1 Å². The fourth-order valence-electron chi connectivity index (χ4n) is 1.57. The summed E-state index contributed by atoms with van der Waals surface area (Å²) in [5.74, 6) is -0.0623. The summed E-state index contributed by atoms with van der Waals surface area (Å²) >= 11 is 0. The van der Waals surface area contributed by atoms with Gasteiger partial charge in [-0.1, -0.05) is 6.92 Å². The van der Waals surface area contributed by atoms with Gasteiger partial charge in [-0.25, -0.2) is 0 Å². The molecule has 1 atom stereocenters. The highest BCUT2D eigenvalue weighted by Crippen LogP contribution is 2.15. The molecule has 0 unspecified atom stereocenters. The van der Waals surface area contributed by atoms with Crippen molar-refractivity contribution < 1.29 is 9.90 Å². The fraction of sp³-hybridized carbons (Fsp3) is 0.385. The lowest BCUT2D eigenvalue weighted by atomic mass is 10.1. The lowest BCUT2D eigenvalue weighted by molar-refractivity contribution is 0.0936. The molecule has 1 amide bonds. The quantitative estimate of drug-likeness (QED) is 0.835. The van der Waals surface area contributed by atoms with Crippen molar-refractivity contribution in [1.29, 1.82) is 5.26 Å². The van der Waals surface area contributed by atoms with Gasteiger partial charge in [-0.3, -0.25) is 4.79 Å². The molecule has 0 aliphatic carbocycles. The maximum absolute atomic E-state index is 11.9. The number of hydrogen-bond acceptors (Lipinski definition) is 3. The molecule has 0 aromatic heterocycles. The number of carbonyl (C=O) groups excluding carboxylic acids is 1. The molecular formula is C13H16N2O2. The van der Waals surface area contributed by atoms with Crippen LogP contribution in [0.25, 0.3) is 0 Å². The SMILES string of the molecule is CC[C@@H](CC#N)NC(=O)c1ccc(O)cc1C. The average Bonchev–Trinajstić information content (AvgIpc) is 2.28. The van der Waals surface area contributed by atoms with Crippen LogP contribution in [-0.2, 0) is 0 Å². The molecule has 1 aromatic rings. The highest BCUT2D eigenvalue weighted by Gasteiger charge is 2.13. The van der Waals surface area contributed by atoms with E-state index in [4.69, 9.17) is 5.26 Å². The van der Waals surface area contributed by atoms with Crippen LogP contribution in [0.15, 0.2) is 18.2 Å². The first-order valence-electron chi connectivity index (χ1n) is 5.56. The number of nitriles is 1. The number of aryl methyl sites for hydroxylation is 1. The molecule has 0 aliphatic rings. The van der Waals surface area contributed by atoms with E-state index < -0.39 is 0 Å². The number of amides is 1. The second-order valence-corrected chi connectivity index (χ2v) is 3.94. The van der Waals surface area contributed by atoms with Gasteiger partial charge < -0.3 is 10.4 Å². The first-order chi connectivity index (χ1) is 8.08. The van der Waals surface area contributed by atoms with Crippen molar-refractivity contribution in [3.05, 3.63) is 29.3 Å². The van der Waals surface area contributed by atoms with Gasteiger partial charge in [-0.15, -0.1) is 0 Å². The van der Waals surface area contributed by atoms with Gasteiger partial charge in [0.05, 0.1) is 12.5 Å². The first kappa shape index (κ1) is 13.0. The number of benzene rings is 1. The van der Waals surface area contributed by atoms with E-state index >= 15 is 0 Å². The second kappa shape index (κ2) is 5.90. The summed E-state index contributed by atoms with van der Waals surface area (Å²) in [5, 5.41) is 20.7. The molecular weight excluding hydrogens is 216 g/mol. The molecule has 90 valence electrons. The Morgan fingerprint density at radius 3 is 2.82 bits per heavy atom. The molecule has 4 heteroatoms. The summed E-state index contributed by atoms with van der Waals surface area (Å²) in [4.78, 5) is 11.9. The van der Waals surface area contributed by atoms with Gasteiger partial charge in [0.15, 0.2) is 0 Å². The standard InChI is InChI=1S/C13H16N2O2/c1-3-10(6-7-14)15-13(17)12-5-4-11(16)8-9(12)2/h4-5,8,10,16H,3,6H2,1-2H3,(H,15,17)/t10-/m0/s1. The third kappa shape index (κ3) is 3.49. The van der Waals surface area contributed by atoms with Gasteiger partial charge in [-0.2, -0.15) is 5.26 Å². The lowest BCUT2D eigenvalue weighted by Gasteiger charge is -2.14. The molecule has 0 saturated carbocycles. The average molecular weight is 232 g/mol. The van der Waals surface area contributed by atoms with Crippen molar-refractivity contribution in [2.75, 3.05) is 0 Å². The Morgan fingerprint density at radius 2 is 2.29 bits per heavy atom. The molecule has 0 heterocycles. The van der Waals surface area contributed by atoms with E-state index in [1.54, 1.807) is 19.1 Å². The largest absolute Gasteiger partial charge is 0.508 e. The second-order valence-electron chi connectivity index (χ2n) is 3.94. The van der Waals surface area contributed by atoms with Crippen molar-refractivity contribution in [3.63, 3.8) is 0 Å². The van der Waals surface area contributed by atoms with Crippen LogP contribution in [0.5, 0.6) is 5.75 Å². The lowest BCUT2D eigenvalue weighted by Crippen LogP contribution is -2.34. The minimum absolute atomic E-state index is 0.124. The molecule has 0 fully saturated rings. The van der Waals surface area contributed by atoms with Gasteiger partial charge in [0.2, 0.25) is 0 Å². The number of phenols is 1. The van der Waals surface area contributed by atoms with Crippen LogP contribution < -0.4 is 5.32 Å². The van der Waals surface area contributed by atoms with Crippen molar-refractivity contribution in [2.24, 2.45) is 0 Å². The Bertz CT molecular complexity index is 449. The zero-order valence-corrected chi connectivity index (χ0v) is 10.0. The smallest absolute Gasteiger partial charge is 0.251 e. The minimum atomic E-state index is -0.204. The molecule has 2 N–H and O–H groups in total. The molecule has 0 bridgehead atoms. The van der Waals surface area contributed by atoms with Crippen LogP contribution in [0.4, 0.5) is 0 Å². The molecule has 0 saturated heterocycles. The molecule has 4 nitrogen and oxygen atoms in total. The van der Waals surface area contributed by atoms with Crippen molar-refractivity contribution in [2.45, 2.75) is 32.7 Å². The summed E-state index contributed by atoms with van der Waals surface area (Å²) in [5.41, 5.74) is 1.24. The molecule has 1 rings (SSSR count). The van der Waals surface area contributed by atoms with Crippen molar-refractivity contribution in [1.82, 2.24) is 5.32 Å². The van der Waals surface area contributed by atoms with Gasteiger partial charge >= 0.3 is 0 Å². The Morgan fingerprint density at radius 1 is 1.59 bits per heavy atom. The predicted octanol–water partition coefficient (Wildman–Crippen LogP) is 2.12. The Hall–Kier alpha value is -2.02. The Labute approximate surface area is 101 Å². The molecule has 1 aromatic carbocycles. The number of nitrogens with one attached hydrogen (secondary N) is 1. The number of aromatic hydroxyl groups is 1. The van der Waals surface area contributed by atoms with Crippen LogP contribution in [0, 0.1) is 18.3 Å². The summed E-state index contributed by atoms with van der Waals surface area (Å²) in [7, 11) is 0. The third-order valence-electron chi connectivity index (χ3n) is 2.62. The maximum atomic E-state index is 11.9. The number of rotatable bonds is 4. The first-order valence-corrected chi connectivity index (χ1v) is 5.56. The van der Waals surface area contributed by atoms with Crippen molar-refractivity contribution >= 4 is 5.91 Å². The highest BCUT2D eigenvalue weighted by molar-refractivity contribution is 5.95. The van der Waals surface area contributed by atoms with E-state index in [2.05, 4.69) is 5.32 Å². The van der Waals surface area contributed by atoms with Gasteiger partial charge in [0.25, 0.3) is 5.91 Å². The number of hydrogen-bond donors (Lipinski definition) is 2. The topological polar surface area (TPSA) is 73.1 Å². The minimum Gasteiger partial charge on any atom is -0.508 e. The Kier molecular flexibility index (Phi) is 4.53. The summed E-state index contributed by atoms with van der Waals surface area (Å²) in [6, 6.07) is 6.52. The summed E-state index contributed by atoms with van der Waals surface area (Å²) in [6.07, 6.45) is 1.02. The van der Waals surface area contributed by atoms with Gasteiger partial charge in [0, 0.05) is 11.6 Å². The molecule has 0 spiro atoms. The zero-order chi connectivity index (χ0) is 12.8. The monoisotopic (exact) mass is 232 g/mol. The van der Waals surface area contributed by atoms with Crippen LogP contribution >= 0.6 is 0 Å². The number of carbonyl (C=O) groups is 1.